The molecule has 36 heavy (non-hydrogen) atoms. The van der Waals surface area contributed by atoms with Crippen molar-refractivity contribution in [3.63, 3.8) is 0 Å². The molecule has 0 atom stereocenters. The van der Waals surface area contributed by atoms with Crippen molar-refractivity contribution in [2.75, 3.05) is 46.8 Å². The van der Waals surface area contributed by atoms with E-state index in [9.17, 15) is 4.79 Å². The van der Waals surface area contributed by atoms with Crippen LogP contribution in [-0.4, -0.2) is 68.6 Å². The minimum Gasteiger partial charge on any atom is -0.490 e. The molecule has 0 spiro atoms. The zero-order valence-electron chi connectivity index (χ0n) is 21.6. The second-order valence-electron chi connectivity index (χ2n) is 9.93. The maximum atomic E-state index is 12.3. The van der Waals surface area contributed by atoms with Gasteiger partial charge in [0.2, 0.25) is 0 Å². The van der Waals surface area contributed by atoms with Crippen LogP contribution < -0.4 is 10.1 Å². The van der Waals surface area contributed by atoms with Gasteiger partial charge in [0, 0.05) is 37.7 Å². The Bertz CT molecular complexity index is 1010. The number of hydrogen-bond donors (Lipinski definition) is 1. The van der Waals surface area contributed by atoms with Crippen LogP contribution in [0.25, 0.3) is 0 Å². The summed E-state index contributed by atoms with van der Waals surface area (Å²) in [6, 6.07) is 29.2. The lowest BCUT2D eigenvalue weighted by Crippen LogP contribution is -2.40. The van der Waals surface area contributed by atoms with Gasteiger partial charge < -0.3 is 19.9 Å². The summed E-state index contributed by atoms with van der Waals surface area (Å²) >= 11 is 0. The highest BCUT2D eigenvalue weighted by Crippen LogP contribution is 2.27. The minimum atomic E-state index is -0.0278. The van der Waals surface area contributed by atoms with Crippen molar-refractivity contribution in [1.29, 1.82) is 0 Å². The summed E-state index contributed by atoms with van der Waals surface area (Å²) < 4.78 is 6.27. The third-order valence-electron chi connectivity index (χ3n) is 6.87. The highest BCUT2D eigenvalue weighted by Gasteiger charge is 2.24. The third-order valence-corrected chi connectivity index (χ3v) is 6.87. The molecule has 0 saturated carbocycles. The molecule has 1 amide bonds. The van der Waals surface area contributed by atoms with Crippen LogP contribution in [0.5, 0.6) is 5.75 Å². The van der Waals surface area contributed by atoms with Crippen LogP contribution in [0.3, 0.4) is 0 Å². The Hall–Kier alpha value is -3.15. The normalized spacial score (nSPS) is 14.8. The molecule has 0 unspecified atom stereocenters. The largest absolute Gasteiger partial charge is 0.490 e. The maximum Gasteiger partial charge on any atom is 0.251 e. The van der Waals surface area contributed by atoms with E-state index in [4.69, 9.17) is 4.74 Å². The highest BCUT2D eigenvalue weighted by molar-refractivity contribution is 5.94. The molecule has 5 heteroatoms. The zero-order valence-corrected chi connectivity index (χ0v) is 21.6. The van der Waals surface area contributed by atoms with Gasteiger partial charge in [-0.2, -0.15) is 0 Å². The van der Waals surface area contributed by atoms with Gasteiger partial charge in [0.25, 0.3) is 5.91 Å². The van der Waals surface area contributed by atoms with Gasteiger partial charge in [0.15, 0.2) is 0 Å². The minimum absolute atomic E-state index is 0.0278. The average molecular weight is 486 g/mol. The van der Waals surface area contributed by atoms with Gasteiger partial charge >= 0.3 is 0 Å². The van der Waals surface area contributed by atoms with E-state index in [1.165, 1.54) is 11.1 Å². The quantitative estimate of drug-likeness (QED) is 0.387. The second-order valence-corrected chi connectivity index (χ2v) is 9.93. The number of piperidine rings is 1. The Morgan fingerprint density at radius 3 is 2.06 bits per heavy atom. The lowest BCUT2D eigenvalue weighted by Gasteiger charge is -2.34. The zero-order chi connectivity index (χ0) is 25.2. The van der Waals surface area contributed by atoms with E-state index in [0.29, 0.717) is 18.0 Å². The SMILES string of the molecule is CN(C)CCCNC(=O)c1ccc(OC2CCN(CC(c3ccccc3)c3ccccc3)CC2)cc1. The number of nitrogens with one attached hydrogen (secondary N) is 1. The van der Waals surface area contributed by atoms with E-state index in [0.717, 1.165) is 51.2 Å². The molecule has 4 rings (SSSR count). The standard InChI is InChI=1S/C31H39N3O2/c1-33(2)21-9-20-32-31(35)27-14-16-28(17-15-27)36-29-18-22-34(23-19-29)24-30(25-10-5-3-6-11-25)26-12-7-4-8-13-26/h3-8,10-17,29-30H,9,18-24H2,1-2H3,(H,32,35). The maximum absolute atomic E-state index is 12.3. The molecule has 1 aliphatic heterocycles. The smallest absolute Gasteiger partial charge is 0.251 e. The number of hydrogen-bond acceptors (Lipinski definition) is 4. The fourth-order valence-electron chi connectivity index (χ4n) is 4.82. The molecule has 0 bridgehead atoms. The van der Waals surface area contributed by atoms with Crippen LogP contribution in [0.4, 0.5) is 0 Å². The van der Waals surface area contributed by atoms with Crippen molar-refractivity contribution < 1.29 is 9.53 Å². The van der Waals surface area contributed by atoms with E-state index < -0.39 is 0 Å². The van der Waals surface area contributed by atoms with Crippen molar-refractivity contribution in [2.45, 2.75) is 31.3 Å². The molecule has 1 heterocycles. The van der Waals surface area contributed by atoms with Crippen LogP contribution in [0.15, 0.2) is 84.9 Å². The van der Waals surface area contributed by atoms with Gasteiger partial charge in [-0.25, -0.2) is 0 Å². The van der Waals surface area contributed by atoms with Crippen molar-refractivity contribution >= 4 is 5.91 Å². The molecule has 3 aromatic carbocycles. The van der Waals surface area contributed by atoms with Gasteiger partial charge in [-0.05, 0) is 75.3 Å². The second kappa shape index (κ2) is 13.2. The van der Waals surface area contributed by atoms with Crippen molar-refractivity contribution in [2.24, 2.45) is 0 Å². The number of amides is 1. The highest BCUT2D eigenvalue weighted by atomic mass is 16.5. The average Bonchev–Trinajstić information content (AvgIpc) is 2.92. The van der Waals surface area contributed by atoms with E-state index >= 15 is 0 Å². The van der Waals surface area contributed by atoms with Crippen LogP contribution in [-0.2, 0) is 0 Å². The van der Waals surface area contributed by atoms with Gasteiger partial charge in [-0.1, -0.05) is 60.7 Å². The van der Waals surface area contributed by atoms with Crippen molar-refractivity contribution in [3.8, 4) is 5.75 Å². The van der Waals surface area contributed by atoms with Gasteiger partial charge in [-0.3, -0.25) is 4.79 Å². The Kier molecular flexibility index (Phi) is 9.54. The number of carbonyl (C=O) groups excluding carboxylic acids is 1. The Morgan fingerprint density at radius 2 is 1.50 bits per heavy atom. The van der Waals surface area contributed by atoms with Crippen LogP contribution >= 0.6 is 0 Å². The number of likely N-dealkylation sites (tertiary alicyclic amines) is 1. The summed E-state index contributed by atoms with van der Waals surface area (Å²) in [5, 5.41) is 2.99. The Labute approximate surface area is 216 Å². The first kappa shape index (κ1) is 25.9. The molecule has 5 nitrogen and oxygen atoms in total. The molecule has 190 valence electrons. The number of rotatable bonds is 11. The van der Waals surface area contributed by atoms with E-state index in [-0.39, 0.29) is 12.0 Å². The topological polar surface area (TPSA) is 44.8 Å². The lowest BCUT2D eigenvalue weighted by atomic mass is 9.90. The molecule has 0 aliphatic carbocycles. The molecule has 1 N–H and O–H groups in total. The first-order valence-electron chi connectivity index (χ1n) is 13.1. The number of carbonyl (C=O) groups is 1. The summed E-state index contributed by atoms with van der Waals surface area (Å²) in [6.07, 6.45) is 3.16. The van der Waals surface area contributed by atoms with Gasteiger partial charge in [0.05, 0.1) is 0 Å². The predicted octanol–water partition coefficient (Wildman–Crippen LogP) is 5.04. The van der Waals surface area contributed by atoms with Crippen molar-refractivity contribution in [3.05, 3.63) is 102 Å². The molecular formula is C31H39N3O2. The Balaban J connectivity index is 1.26. The predicted molar refractivity (Wildman–Crippen MR) is 147 cm³/mol. The third kappa shape index (κ3) is 7.67. The van der Waals surface area contributed by atoms with Crippen molar-refractivity contribution in [1.82, 2.24) is 15.1 Å². The first-order chi connectivity index (χ1) is 17.6. The summed E-state index contributed by atoms with van der Waals surface area (Å²) in [6.45, 7) is 4.70. The molecule has 0 aromatic heterocycles. The first-order valence-corrected chi connectivity index (χ1v) is 13.1. The molecule has 0 radical (unpaired) electrons. The summed E-state index contributed by atoms with van der Waals surface area (Å²) in [4.78, 5) is 17.0. The van der Waals surface area contributed by atoms with E-state index in [1.54, 1.807) is 0 Å². The van der Waals surface area contributed by atoms with Gasteiger partial charge in [0.1, 0.15) is 11.9 Å². The fraction of sp³-hybridized carbons (Fsp3) is 0.387. The fourth-order valence-corrected chi connectivity index (χ4v) is 4.82. The monoisotopic (exact) mass is 485 g/mol. The summed E-state index contributed by atoms with van der Waals surface area (Å²) in [7, 11) is 4.08. The summed E-state index contributed by atoms with van der Waals surface area (Å²) in [5.74, 6) is 1.18. The van der Waals surface area contributed by atoms with Crippen LogP contribution in [0, 0.1) is 0 Å². The Morgan fingerprint density at radius 1 is 0.917 bits per heavy atom. The number of ether oxygens (including phenoxy) is 1. The molecular weight excluding hydrogens is 446 g/mol. The summed E-state index contributed by atoms with van der Waals surface area (Å²) in [5.41, 5.74) is 3.41. The number of nitrogens with zero attached hydrogens (tertiary/aromatic N) is 2. The van der Waals surface area contributed by atoms with E-state index in [1.807, 2.05) is 38.4 Å². The number of benzene rings is 3. The lowest BCUT2D eigenvalue weighted by molar-refractivity contribution is 0.0951. The van der Waals surface area contributed by atoms with Gasteiger partial charge in [-0.15, -0.1) is 0 Å². The van der Waals surface area contributed by atoms with Crippen LogP contribution in [0.2, 0.25) is 0 Å². The molecule has 1 saturated heterocycles. The molecule has 3 aromatic rings. The van der Waals surface area contributed by atoms with E-state index in [2.05, 4.69) is 75.8 Å². The van der Waals surface area contributed by atoms with Crippen LogP contribution in [0.1, 0.15) is 46.7 Å². The molecule has 1 fully saturated rings. The molecule has 1 aliphatic rings.